The van der Waals surface area contributed by atoms with Crippen LogP contribution in [0.1, 0.15) is 10.4 Å². The van der Waals surface area contributed by atoms with E-state index in [2.05, 4.69) is 5.10 Å². The number of carboxylic acid groups (broad SMARTS) is 1. The molecule has 0 fully saturated rings. The van der Waals surface area contributed by atoms with E-state index in [0.29, 0.717) is 5.39 Å². The smallest absolute Gasteiger partial charge is 0.337 e. The van der Waals surface area contributed by atoms with E-state index in [-0.39, 0.29) is 11.3 Å². The lowest BCUT2D eigenvalue weighted by Gasteiger charge is -2.01. The average molecular weight is 191 g/mol. The summed E-state index contributed by atoms with van der Waals surface area (Å²) in [5.74, 6) is -1.02. The summed E-state index contributed by atoms with van der Waals surface area (Å²) in [6.45, 7) is 0. The summed E-state index contributed by atoms with van der Waals surface area (Å²) in [7, 11) is 1.78. The molecule has 5 heteroatoms. The molecule has 3 N–H and O–H groups in total. The number of nitrogen functional groups attached to an aromatic ring is 1. The number of hydrogen-bond acceptors (Lipinski definition) is 3. The van der Waals surface area contributed by atoms with Gasteiger partial charge in [-0.1, -0.05) is 0 Å². The molecule has 0 radical (unpaired) electrons. The fourth-order valence-electron chi connectivity index (χ4n) is 1.44. The summed E-state index contributed by atoms with van der Waals surface area (Å²) < 4.78 is 1.65. The van der Waals surface area contributed by atoms with Crippen LogP contribution in [0.5, 0.6) is 0 Å². The maximum Gasteiger partial charge on any atom is 0.337 e. The number of aromatic carboxylic acids is 1. The van der Waals surface area contributed by atoms with Crippen molar-refractivity contribution in [1.29, 1.82) is 0 Å². The van der Waals surface area contributed by atoms with Gasteiger partial charge in [-0.3, -0.25) is 4.68 Å². The van der Waals surface area contributed by atoms with Gasteiger partial charge in [-0.05, 0) is 12.1 Å². The Morgan fingerprint density at radius 3 is 2.93 bits per heavy atom. The number of nitrogens with two attached hydrogens (primary N) is 1. The van der Waals surface area contributed by atoms with Gasteiger partial charge in [-0.15, -0.1) is 0 Å². The van der Waals surface area contributed by atoms with Gasteiger partial charge in [0.05, 0.1) is 23.0 Å². The predicted molar refractivity (Wildman–Crippen MR) is 52.1 cm³/mol. The predicted octanol–water partition coefficient (Wildman–Crippen LogP) is 0.854. The molecular weight excluding hydrogens is 182 g/mol. The van der Waals surface area contributed by atoms with Crippen LogP contribution in [-0.4, -0.2) is 20.9 Å². The number of fused-ring (bicyclic) bond motifs is 1. The molecule has 0 amide bonds. The van der Waals surface area contributed by atoms with E-state index in [4.69, 9.17) is 10.8 Å². The monoisotopic (exact) mass is 191 g/mol. The minimum absolute atomic E-state index is 0.116. The molecule has 1 aromatic heterocycles. The number of nitrogens with zero attached hydrogens (tertiary/aromatic N) is 2. The molecule has 1 aromatic carbocycles. The van der Waals surface area contributed by atoms with E-state index in [9.17, 15) is 4.79 Å². The Balaban J connectivity index is 2.82. The van der Waals surface area contributed by atoms with Gasteiger partial charge in [0, 0.05) is 12.4 Å². The lowest BCUT2D eigenvalue weighted by molar-refractivity contribution is 0.0698. The molecule has 0 atom stereocenters. The highest BCUT2D eigenvalue weighted by Gasteiger charge is 2.12. The zero-order valence-corrected chi connectivity index (χ0v) is 7.56. The van der Waals surface area contributed by atoms with Crippen LogP contribution < -0.4 is 5.73 Å². The minimum Gasteiger partial charge on any atom is -0.478 e. The van der Waals surface area contributed by atoms with Gasteiger partial charge in [0.15, 0.2) is 0 Å². The molecule has 1 heterocycles. The standard InChI is InChI=1S/C9H9N3O2/c1-12-7-3-2-5(9(13)14)8(10)6(7)4-11-12/h2-4H,10H2,1H3,(H,13,14). The van der Waals surface area contributed by atoms with Crippen LogP contribution in [-0.2, 0) is 7.05 Å². The van der Waals surface area contributed by atoms with E-state index in [1.807, 2.05) is 0 Å². The number of anilines is 1. The molecule has 0 saturated carbocycles. The number of carbonyl (C=O) groups is 1. The summed E-state index contributed by atoms with van der Waals surface area (Å²) in [5.41, 5.74) is 6.91. The first-order chi connectivity index (χ1) is 6.61. The van der Waals surface area contributed by atoms with Crippen LogP contribution in [0.3, 0.4) is 0 Å². The van der Waals surface area contributed by atoms with E-state index in [0.717, 1.165) is 5.52 Å². The molecule has 5 nitrogen and oxygen atoms in total. The number of rotatable bonds is 1. The van der Waals surface area contributed by atoms with Crippen LogP contribution in [0, 0.1) is 0 Å². The Labute approximate surface area is 79.7 Å². The summed E-state index contributed by atoms with van der Waals surface area (Å²) >= 11 is 0. The van der Waals surface area contributed by atoms with Crippen molar-refractivity contribution in [3.8, 4) is 0 Å². The van der Waals surface area contributed by atoms with Gasteiger partial charge in [-0.25, -0.2) is 4.79 Å². The molecule has 72 valence electrons. The third-order valence-electron chi connectivity index (χ3n) is 2.20. The zero-order valence-electron chi connectivity index (χ0n) is 7.56. The normalized spacial score (nSPS) is 10.6. The highest BCUT2D eigenvalue weighted by molar-refractivity contribution is 6.03. The first kappa shape index (κ1) is 8.55. The molecule has 0 saturated heterocycles. The second-order valence-corrected chi connectivity index (χ2v) is 3.03. The molecule has 0 aliphatic heterocycles. The van der Waals surface area contributed by atoms with Crippen molar-refractivity contribution in [3.63, 3.8) is 0 Å². The number of aryl methyl sites for hydroxylation is 1. The Kier molecular flexibility index (Phi) is 1.67. The van der Waals surface area contributed by atoms with Gasteiger partial charge >= 0.3 is 5.97 Å². The van der Waals surface area contributed by atoms with Crippen LogP contribution >= 0.6 is 0 Å². The first-order valence-electron chi connectivity index (χ1n) is 4.04. The topological polar surface area (TPSA) is 81.1 Å². The van der Waals surface area contributed by atoms with Crippen LogP contribution in [0.25, 0.3) is 10.9 Å². The quantitative estimate of drug-likeness (QED) is 0.655. The Hall–Kier alpha value is -2.04. The molecule has 2 aromatic rings. The molecular formula is C9H9N3O2. The summed E-state index contributed by atoms with van der Waals surface area (Å²) in [6.07, 6.45) is 1.57. The summed E-state index contributed by atoms with van der Waals surface area (Å²) in [5, 5.41) is 13.5. The third kappa shape index (κ3) is 1.02. The van der Waals surface area contributed by atoms with Gasteiger partial charge < -0.3 is 10.8 Å². The Morgan fingerprint density at radius 2 is 2.29 bits per heavy atom. The maximum absolute atomic E-state index is 10.8. The van der Waals surface area contributed by atoms with Gasteiger partial charge in [0.2, 0.25) is 0 Å². The SMILES string of the molecule is Cn1ncc2c(N)c(C(=O)O)ccc21. The van der Waals surface area contributed by atoms with Crippen molar-refractivity contribution >= 4 is 22.6 Å². The van der Waals surface area contributed by atoms with E-state index in [1.54, 1.807) is 24.0 Å². The highest BCUT2D eigenvalue weighted by atomic mass is 16.4. The molecule has 0 aliphatic rings. The second kappa shape index (κ2) is 2.73. The van der Waals surface area contributed by atoms with Crippen molar-refractivity contribution in [2.45, 2.75) is 0 Å². The van der Waals surface area contributed by atoms with Crippen LogP contribution in [0.4, 0.5) is 5.69 Å². The molecule has 14 heavy (non-hydrogen) atoms. The van der Waals surface area contributed by atoms with E-state index < -0.39 is 5.97 Å². The molecule has 0 spiro atoms. The number of aromatic nitrogens is 2. The van der Waals surface area contributed by atoms with E-state index >= 15 is 0 Å². The summed E-state index contributed by atoms with van der Waals surface area (Å²) in [6, 6.07) is 3.18. The van der Waals surface area contributed by atoms with Crippen molar-refractivity contribution in [3.05, 3.63) is 23.9 Å². The molecule has 0 aliphatic carbocycles. The van der Waals surface area contributed by atoms with Crippen molar-refractivity contribution in [2.24, 2.45) is 7.05 Å². The van der Waals surface area contributed by atoms with E-state index in [1.165, 1.54) is 6.07 Å². The van der Waals surface area contributed by atoms with Crippen molar-refractivity contribution in [2.75, 3.05) is 5.73 Å². The number of benzene rings is 1. The fraction of sp³-hybridized carbons (Fsp3) is 0.111. The summed E-state index contributed by atoms with van der Waals surface area (Å²) in [4.78, 5) is 10.8. The third-order valence-corrected chi connectivity index (χ3v) is 2.20. The Bertz CT molecular complexity index is 516. The van der Waals surface area contributed by atoms with Gasteiger partial charge in [0.1, 0.15) is 0 Å². The van der Waals surface area contributed by atoms with Gasteiger partial charge in [-0.2, -0.15) is 5.10 Å². The minimum atomic E-state index is -1.02. The molecule has 0 bridgehead atoms. The largest absolute Gasteiger partial charge is 0.478 e. The van der Waals surface area contributed by atoms with Gasteiger partial charge in [0.25, 0.3) is 0 Å². The van der Waals surface area contributed by atoms with Crippen LogP contribution in [0.2, 0.25) is 0 Å². The van der Waals surface area contributed by atoms with Crippen LogP contribution in [0.15, 0.2) is 18.3 Å². The van der Waals surface area contributed by atoms with Crippen molar-refractivity contribution < 1.29 is 9.90 Å². The van der Waals surface area contributed by atoms with Crippen molar-refractivity contribution in [1.82, 2.24) is 9.78 Å². The molecule has 0 unspecified atom stereocenters. The average Bonchev–Trinajstić information content (AvgIpc) is 2.49. The number of carboxylic acids is 1. The Morgan fingerprint density at radius 1 is 1.57 bits per heavy atom. The first-order valence-corrected chi connectivity index (χ1v) is 4.04. The number of hydrogen-bond donors (Lipinski definition) is 2. The highest BCUT2D eigenvalue weighted by Crippen LogP contribution is 2.23. The lowest BCUT2D eigenvalue weighted by atomic mass is 10.1. The second-order valence-electron chi connectivity index (χ2n) is 3.03. The molecule has 2 rings (SSSR count). The lowest BCUT2D eigenvalue weighted by Crippen LogP contribution is -2.02. The zero-order chi connectivity index (χ0) is 10.3. The maximum atomic E-state index is 10.8. The fourth-order valence-corrected chi connectivity index (χ4v) is 1.44.